The molecule has 0 bridgehead atoms. The quantitative estimate of drug-likeness (QED) is 0.440. The first kappa shape index (κ1) is 22.3. The van der Waals surface area contributed by atoms with E-state index in [0.29, 0.717) is 18.7 Å². The van der Waals surface area contributed by atoms with Crippen LogP contribution >= 0.6 is 7.60 Å². The van der Waals surface area contributed by atoms with Crippen molar-refractivity contribution < 1.29 is 18.7 Å². The average molecular weight is 425 g/mol. The van der Waals surface area contributed by atoms with Crippen LogP contribution in [0, 0.1) is 0 Å². The summed E-state index contributed by atoms with van der Waals surface area (Å²) in [5.74, 6) is 0. The molecule has 0 heterocycles. The fraction of sp³-hybridized carbons (Fsp3) is 0.250. The molecular formula is C24H28NO4P. The van der Waals surface area contributed by atoms with Gasteiger partial charge in [0, 0.05) is 38.6 Å². The molecule has 0 spiro atoms. The third-order valence-electron chi connectivity index (χ3n) is 5.02. The number of nitrogens with zero attached hydrogens (tertiary/aromatic N) is 1. The molecule has 158 valence electrons. The first-order valence-corrected chi connectivity index (χ1v) is 11.6. The van der Waals surface area contributed by atoms with E-state index in [-0.39, 0.29) is 6.16 Å². The molecule has 1 N–H and O–H groups in total. The second-order valence-electron chi connectivity index (χ2n) is 7.06. The van der Waals surface area contributed by atoms with Crippen LogP contribution in [0.2, 0.25) is 0 Å². The summed E-state index contributed by atoms with van der Waals surface area (Å²) in [6, 6.07) is 28.1. The molecule has 1 atom stereocenters. The fourth-order valence-corrected chi connectivity index (χ4v) is 4.49. The molecule has 0 aliphatic rings. The lowest BCUT2D eigenvalue weighted by atomic mass is 10.1. The van der Waals surface area contributed by atoms with E-state index in [1.54, 1.807) is 0 Å². The number of para-hydroxylation sites is 1. The van der Waals surface area contributed by atoms with E-state index >= 15 is 0 Å². The van der Waals surface area contributed by atoms with E-state index < -0.39 is 13.7 Å². The number of hydrogen-bond donors (Lipinski definition) is 1. The SMILES string of the molecule is COP(=O)(C[C@H](O)c1ccccc1N(Cc1ccccc1)Cc1ccccc1)OC. The summed E-state index contributed by atoms with van der Waals surface area (Å²) in [6.07, 6.45) is -1.09. The molecule has 0 aliphatic carbocycles. The van der Waals surface area contributed by atoms with Crippen molar-refractivity contribution in [3.05, 3.63) is 102 Å². The predicted octanol–water partition coefficient (Wildman–Crippen LogP) is 5.41. The monoisotopic (exact) mass is 425 g/mol. The molecule has 0 radical (unpaired) electrons. The Labute approximate surface area is 178 Å². The summed E-state index contributed by atoms with van der Waals surface area (Å²) in [5, 5.41) is 10.9. The molecule has 0 aliphatic heterocycles. The summed E-state index contributed by atoms with van der Waals surface area (Å²) in [7, 11) is -0.688. The molecule has 0 unspecified atom stereocenters. The standard InChI is InChI=1S/C24H28NO4P/c1-28-30(27,29-2)19-24(26)22-15-9-10-16-23(22)25(17-20-11-5-3-6-12-20)18-21-13-7-4-8-14-21/h3-16,24,26H,17-19H2,1-2H3/t24-/m0/s1. The van der Waals surface area contributed by atoms with Crippen molar-refractivity contribution in [2.75, 3.05) is 25.3 Å². The third-order valence-corrected chi connectivity index (χ3v) is 6.93. The van der Waals surface area contributed by atoms with Crippen LogP contribution < -0.4 is 4.90 Å². The van der Waals surface area contributed by atoms with Crippen molar-refractivity contribution in [3.8, 4) is 0 Å². The minimum Gasteiger partial charge on any atom is -0.388 e. The highest BCUT2D eigenvalue weighted by molar-refractivity contribution is 7.53. The summed E-state index contributed by atoms with van der Waals surface area (Å²) in [6.45, 7) is 1.34. The lowest BCUT2D eigenvalue weighted by molar-refractivity contribution is 0.184. The van der Waals surface area contributed by atoms with Gasteiger partial charge < -0.3 is 19.1 Å². The summed E-state index contributed by atoms with van der Waals surface area (Å²) in [5.41, 5.74) is 3.91. The second kappa shape index (κ2) is 10.6. The van der Waals surface area contributed by atoms with E-state index in [4.69, 9.17) is 9.05 Å². The molecule has 5 nitrogen and oxygen atoms in total. The maximum atomic E-state index is 12.6. The maximum absolute atomic E-state index is 12.6. The minimum absolute atomic E-state index is 0.110. The fourth-order valence-electron chi connectivity index (χ4n) is 3.42. The number of rotatable bonds is 10. The van der Waals surface area contributed by atoms with Gasteiger partial charge in [0.05, 0.1) is 12.3 Å². The number of hydrogen-bond acceptors (Lipinski definition) is 5. The zero-order chi connectivity index (χ0) is 21.4. The van der Waals surface area contributed by atoms with Gasteiger partial charge in [-0.25, -0.2) is 0 Å². The average Bonchev–Trinajstić information content (AvgIpc) is 2.80. The largest absolute Gasteiger partial charge is 0.388 e. The van der Waals surface area contributed by atoms with Gasteiger partial charge >= 0.3 is 7.60 Å². The van der Waals surface area contributed by atoms with Crippen LogP contribution in [0.15, 0.2) is 84.9 Å². The maximum Gasteiger partial charge on any atom is 0.333 e. The Morgan fingerprint density at radius 1 is 0.800 bits per heavy atom. The van der Waals surface area contributed by atoms with Crippen molar-refractivity contribution in [1.29, 1.82) is 0 Å². The first-order chi connectivity index (χ1) is 14.5. The topological polar surface area (TPSA) is 59.0 Å². The van der Waals surface area contributed by atoms with Crippen LogP contribution in [0.3, 0.4) is 0 Å². The third kappa shape index (κ3) is 5.80. The highest BCUT2D eigenvalue weighted by atomic mass is 31.2. The Bertz CT molecular complexity index is 916. The molecule has 3 aromatic rings. The molecule has 3 aromatic carbocycles. The van der Waals surface area contributed by atoms with Gasteiger partial charge in [-0.15, -0.1) is 0 Å². The minimum atomic E-state index is -3.35. The van der Waals surface area contributed by atoms with Crippen LogP contribution in [-0.2, 0) is 26.7 Å². The summed E-state index contributed by atoms with van der Waals surface area (Å²) < 4.78 is 22.6. The van der Waals surface area contributed by atoms with Gasteiger partial charge in [-0.3, -0.25) is 4.57 Å². The van der Waals surface area contributed by atoms with Gasteiger partial charge in [0.25, 0.3) is 0 Å². The van der Waals surface area contributed by atoms with Crippen LogP contribution in [-0.4, -0.2) is 25.5 Å². The molecular weight excluding hydrogens is 397 g/mol. The Kier molecular flexibility index (Phi) is 7.83. The lowest BCUT2D eigenvalue weighted by Gasteiger charge is -2.29. The molecule has 0 saturated heterocycles. The molecule has 6 heteroatoms. The van der Waals surface area contributed by atoms with E-state index in [2.05, 4.69) is 29.2 Å². The molecule has 0 amide bonds. The van der Waals surface area contributed by atoms with Crippen LogP contribution in [0.5, 0.6) is 0 Å². The van der Waals surface area contributed by atoms with E-state index in [0.717, 1.165) is 16.8 Å². The van der Waals surface area contributed by atoms with Crippen molar-refractivity contribution in [2.24, 2.45) is 0 Å². The molecule has 3 rings (SSSR count). The van der Waals surface area contributed by atoms with Crippen molar-refractivity contribution in [2.45, 2.75) is 19.2 Å². The summed E-state index contributed by atoms with van der Waals surface area (Å²) >= 11 is 0. The van der Waals surface area contributed by atoms with Crippen molar-refractivity contribution in [3.63, 3.8) is 0 Å². The normalized spacial score (nSPS) is 12.5. The van der Waals surface area contributed by atoms with Gasteiger partial charge in [-0.1, -0.05) is 78.9 Å². The van der Waals surface area contributed by atoms with Gasteiger partial charge in [0.2, 0.25) is 0 Å². The first-order valence-electron chi connectivity index (χ1n) is 9.85. The van der Waals surface area contributed by atoms with Crippen molar-refractivity contribution in [1.82, 2.24) is 0 Å². The second-order valence-corrected chi connectivity index (χ2v) is 9.38. The molecule has 0 aromatic heterocycles. The predicted molar refractivity (Wildman–Crippen MR) is 121 cm³/mol. The van der Waals surface area contributed by atoms with E-state index in [1.807, 2.05) is 60.7 Å². The Morgan fingerprint density at radius 2 is 1.27 bits per heavy atom. The Hall–Kier alpha value is -2.43. The zero-order valence-electron chi connectivity index (χ0n) is 17.3. The smallest absolute Gasteiger partial charge is 0.333 e. The molecule has 30 heavy (non-hydrogen) atoms. The van der Waals surface area contributed by atoms with E-state index in [1.165, 1.54) is 14.2 Å². The highest BCUT2D eigenvalue weighted by Gasteiger charge is 2.28. The number of anilines is 1. The van der Waals surface area contributed by atoms with Crippen LogP contribution in [0.1, 0.15) is 22.8 Å². The molecule has 0 saturated carbocycles. The van der Waals surface area contributed by atoms with Crippen molar-refractivity contribution >= 4 is 13.3 Å². The molecule has 0 fully saturated rings. The van der Waals surface area contributed by atoms with Crippen LogP contribution in [0.25, 0.3) is 0 Å². The van der Waals surface area contributed by atoms with Gasteiger partial charge in [-0.05, 0) is 17.2 Å². The number of benzene rings is 3. The van der Waals surface area contributed by atoms with Gasteiger partial charge in [0.15, 0.2) is 0 Å². The summed E-state index contributed by atoms with van der Waals surface area (Å²) in [4.78, 5) is 2.22. The Morgan fingerprint density at radius 3 is 1.77 bits per heavy atom. The number of aliphatic hydroxyl groups excluding tert-OH is 1. The Balaban J connectivity index is 1.95. The van der Waals surface area contributed by atoms with Gasteiger partial charge in [-0.2, -0.15) is 0 Å². The van der Waals surface area contributed by atoms with Gasteiger partial charge in [0.1, 0.15) is 0 Å². The van der Waals surface area contributed by atoms with Crippen LogP contribution in [0.4, 0.5) is 5.69 Å². The lowest BCUT2D eigenvalue weighted by Crippen LogP contribution is -2.24. The number of aliphatic hydroxyl groups is 1. The highest BCUT2D eigenvalue weighted by Crippen LogP contribution is 2.50. The van der Waals surface area contributed by atoms with E-state index in [9.17, 15) is 9.67 Å². The zero-order valence-corrected chi connectivity index (χ0v) is 18.2.